The van der Waals surface area contributed by atoms with Crippen LogP contribution in [0.2, 0.25) is 0 Å². The third-order valence-corrected chi connectivity index (χ3v) is 3.22. The summed E-state index contributed by atoms with van der Waals surface area (Å²) in [6.07, 6.45) is 1.03. The summed E-state index contributed by atoms with van der Waals surface area (Å²) in [5, 5.41) is 11.8. The van der Waals surface area contributed by atoms with Gasteiger partial charge in [-0.2, -0.15) is 5.26 Å². The molecule has 0 saturated carbocycles. The van der Waals surface area contributed by atoms with E-state index in [1.54, 1.807) is 18.2 Å². The molecule has 1 aromatic carbocycles. The predicted octanol–water partition coefficient (Wildman–Crippen LogP) is 1.77. The third kappa shape index (κ3) is 6.39. The van der Waals surface area contributed by atoms with Crippen molar-refractivity contribution in [1.82, 2.24) is 9.80 Å². The highest BCUT2D eigenvalue weighted by Gasteiger charge is 2.10. The van der Waals surface area contributed by atoms with Crippen molar-refractivity contribution >= 4 is 11.6 Å². The fourth-order valence-corrected chi connectivity index (χ4v) is 2.04. The molecular weight excluding hydrogens is 264 g/mol. The molecule has 0 saturated heterocycles. The van der Waals surface area contributed by atoms with Crippen molar-refractivity contribution in [1.29, 1.82) is 5.26 Å². The molecule has 5 heteroatoms. The summed E-state index contributed by atoms with van der Waals surface area (Å²) in [5.41, 5.74) is 1.07. The molecule has 1 rings (SSSR count). The molecule has 0 heterocycles. The number of nitrogens with zero attached hydrogens (tertiary/aromatic N) is 3. The van der Waals surface area contributed by atoms with Gasteiger partial charge in [0.25, 0.3) is 0 Å². The van der Waals surface area contributed by atoms with Crippen LogP contribution in [0.3, 0.4) is 0 Å². The van der Waals surface area contributed by atoms with Crippen LogP contribution >= 0.6 is 0 Å². The van der Waals surface area contributed by atoms with Crippen LogP contribution in [-0.2, 0) is 4.79 Å². The average Bonchev–Trinajstić information content (AvgIpc) is 2.46. The lowest BCUT2D eigenvalue weighted by Gasteiger charge is -2.21. The summed E-state index contributed by atoms with van der Waals surface area (Å²) in [6, 6.07) is 9.12. The maximum absolute atomic E-state index is 12.1. The molecule has 0 bridgehead atoms. The zero-order valence-electron chi connectivity index (χ0n) is 13.1. The number of nitrogens with one attached hydrogen (secondary N) is 1. The Hall–Kier alpha value is -1.90. The van der Waals surface area contributed by atoms with E-state index in [2.05, 4.69) is 21.2 Å². The number of benzene rings is 1. The van der Waals surface area contributed by atoms with E-state index in [0.29, 0.717) is 17.8 Å². The van der Waals surface area contributed by atoms with Gasteiger partial charge in [0.2, 0.25) is 5.91 Å². The number of anilines is 1. The van der Waals surface area contributed by atoms with Gasteiger partial charge < -0.3 is 10.2 Å². The highest BCUT2D eigenvalue weighted by Crippen LogP contribution is 2.13. The van der Waals surface area contributed by atoms with Gasteiger partial charge in [0.1, 0.15) is 6.07 Å². The number of hydrogen-bond acceptors (Lipinski definition) is 4. The van der Waals surface area contributed by atoms with E-state index >= 15 is 0 Å². The lowest BCUT2D eigenvalue weighted by molar-refractivity contribution is -0.117. The van der Waals surface area contributed by atoms with Gasteiger partial charge in [-0.1, -0.05) is 19.1 Å². The van der Waals surface area contributed by atoms with Crippen molar-refractivity contribution in [3.63, 3.8) is 0 Å². The predicted molar refractivity (Wildman–Crippen MR) is 85.1 cm³/mol. The van der Waals surface area contributed by atoms with Gasteiger partial charge in [0.15, 0.2) is 0 Å². The normalized spacial score (nSPS) is 10.7. The summed E-state index contributed by atoms with van der Waals surface area (Å²) >= 11 is 0. The smallest absolute Gasteiger partial charge is 0.238 e. The molecule has 5 nitrogen and oxygen atoms in total. The minimum Gasteiger partial charge on any atom is -0.324 e. The Labute approximate surface area is 127 Å². The molecule has 1 aromatic rings. The zero-order chi connectivity index (χ0) is 15.7. The molecule has 0 aliphatic rings. The molecule has 0 aliphatic carbocycles. The summed E-state index contributed by atoms with van der Waals surface area (Å²) in [4.78, 5) is 16.3. The average molecular weight is 288 g/mol. The number of hydrogen-bond donors (Lipinski definition) is 1. The number of likely N-dealkylation sites (N-methyl/N-ethyl adjacent to an activating group) is 1. The number of para-hydroxylation sites is 1. The van der Waals surface area contributed by atoms with Crippen molar-refractivity contribution in [2.75, 3.05) is 45.6 Å². The molecule has 0 unspecified atom stereocenters. The van der Waals surface area contributed by atoms with Gasteiger partial charge in [-0.25, -0.2) is 0 Å². The standard InChI is InChI=1S/C16H24N4O/c1-4-20(11-7-10-19(2)3)13-16(21)18-15-9-6-5-8-14(15)12-17/h5-6,8-9H,4,7,10-11,13H2,1-3H3,(H,18,21). The monoisotopic (exact) mass is 288 g/mol. The van der Waals surface area contributed by atoms with Crippen LogP contribution in [0.25, 0.3) is 0 Å². The Morgan fingerprint density at radius 1 is 1.29 bits per heavy atom. The lowest BCUT2D eigenvalue weighted by atomic mass is 10.2. The summed E-state index contributed by atoms with van der Waals surface area (Å²) in [5.74, 6) is -0.0793. The van der Waals surface area contributed by atoms with E-state index in [4.69, 9.17) is 5.26 Å². The van der Waals surface area contributed by atoms with Crippen LogP contribution < -0.4 is 5.32 Å². The highest BCUT2D eigenvalue weighted by atomic mass is 16.2. The number of carbonyl (C=O) groups is 1. The molecule has 1 amide bonds. The van der Waals surface area contributed by atoms with Crippen molar-refractivity contribution in [2.45, 2.75) is 13.3 Å². The molecule has 0 radical (unpaired) electrons. The second kappa shape index (κ2) is 9.11. The second-order valence-corrected chi connectivity index (χ2v) is 5.23. The van der Waals surface area contributed by atoms with Gasteiger partial charge in [0.05, 0.1) is 17.8 Å². The topological polar surface area (TPSA) is 59.4 Å². The molecule has 0 aromatic heterocycles. The molecule has 0 spiro atoms. The minimum absolute atomic E-state index is 0.0793. The molecule has 1 N–H and O–H groups in total. The highest BCUT2D eigenvalue weighted by molar-refractivity contribution is 5.93. The van der Waals surface area contributed by atoms with Crippen LogP contribution in [0.15, 0.2) is 24.3 Å². The van der Waals surface area contributed by atoms with E-state index < -0.39 is 0 Å². The van der Waals surface area contributed by atoms with Gasteiger partial charge in [-0.15, -0.1) is 0 Å². The van der Waals surface area contributed by atoms with E-state index in [-0.39, 0.29) is 5.91 Å². The number of amides is 1. The van der Waals surface area contributed by atoms with Crippen molar-refractivity contribution in [3.8, 4) is 6.07 Å². The Balaban J connectivity index is 2.49. The Bertz CT molecular complexity index is 493. The Morgan fingerprint density at radius 2 is 2.00 bits per heavy atom. The summed E-state index contributed by atoms with van der Waals surface area (Å²) < 4.78 is 0. The van der Waals surface area contributed by atoms with Gasteiger partial charge in [0, 0.05) is 0 Å². The van der Waals surface area contributed by atoms with E-state index in [1.165, 1.54) is 0 Å². The molecule has 21 heavy (non-hydrogen) atoms. The van der Waals surface area contributed by atoms with Gasteiger partial charge in [-0.05, 0) is 52.3 Å². The maximum atomic E-state index is 12.1. The first-order chi connectivity index (χ1) is 10.1. The third-order valence-electron chi connectivity index (χ3n) is 3.22. The largest absolute Gasteiger partial charge is 0.324 e. The maximum Gasteiger partial charge on any atom is 0.238 e. The Kier molecular flexibility index (Phi) is 7.44. The first-order valence-electron chi connectivity index (χ1n) is 7.23. The number of nitriles is 1. The van der Waals surface area contributed by atoms with Crippen LogP contribution in [0.4, 0.5) is 5.69 Å². The molecule has 0 atom stereocenters. The number of rotatable bonds is 8. The summed E-state index contributed by atoms with van der Waals surface area (Å²) in [6.45, 7) is 5.13. The molecule has 0 aliphatic heterocycles. The number of carbonyl (C=O) groups excluding carboxylic acids is 1. The van der Waals surface area contributed by atoms with Crippen molar-refractivity contribution < 1.29 is 4.79 Å². The molecule has 0 fully saturated rings. The zero-order valence-corrected chi connectivity index (χ0v) is 13.1. The SMILES string of the molecule is CCN(CCCN(C)C)CC(=O)Nc1ccccc1C#N. The van der Waals surface area contributed by atoms with Crippen LogP contribution in [0.1, 0.15) is 18.9 Å². The van der Waals surface area contributed by atoms with Crippen LogP contribution in [-0.4, -0.2) is 56.0 Å². The van der Waals surface area contributed by atoms with Crippen LogP contribution in [0, 0.1) is 11.3 Å². The van der Waals surface area contributed by atoms with Crippen molar-refractivity contribution in [2.24, 2.45) is 0 Å². The minimum atomic E-state index is -0.0793. The van der Waals surface area contributed by atoms with E-state index in [9.17, 15) is 4.79 Å². The first kappa shape index (κ1) is 17.2. The van der Waals surface area contributed by atoms with Crippen LogP contribution in [0.5, 0.6) is 0 Å². The molecule has 114 valence electrons. The van der Waals surface area contributed by atoms with Gasteiger partial charge >= 0.3 is 0 Å². The summed E-state index contributed by atoms with van der Waals surface area (Å²) in [7, 11) is 4.09. The van der Waals surface area contributed by atoms with E-state index in [0.717, 1.165) is 26.1 Å². The van der Waals surface area contributed by atoms with Gasteiger partial charge in [-0.3, -0.25) is 9.69 Å². The van der Waals surface area contributed by atoms with Crippen molar-refractivity contribution in [3.05, 3.63) is 29.8 Å². The quantitative estimate of drug-likeness (QED) is 0.792. The fourth-order valence-electron chi connectivity index (χ4n) is 2.04. The first-order valence-corrected chi connectivity index (χ1v) is 7.23. The van der Waals surface area contributed by atoms with E-state index in [1.807, 2.05) is 27.1 Å². The fraction of sp³-hybridized carbons (Fsp3) is 0.500. The second-order valence-electron chi connectivity index (χ2n) is 5.23. The Morgan fingerprint density at radius 3 is 2.62 bits per heavy atom. The lowest BCUT2D eigenvalue weighted by Crippen LogP contribution is -2.35. The molecular formula is C16H24N4O.